The van der Waals surface area contributed by atoms with Gasteiger partial charge in [0.1, 0.15) is 5.82 Å². The Hall–Kier alpha value is -0.960. The number of halogens is 1. The molecular formula is C10H14ClN3. The molecule has 3 nitrogen and oxygen atoms in total. The van der Waals surface area contributed by atoms with Crippen LogP contribution in [0, 0.1) is 5.92 Å². The predicted molar refractivity (Wildman–Crippen MR) is 59.7 cm³/mol. The molecule has 1 aliphatic rings. The first-order valence-corrected chi connectivity index (χ1v) is 5.17. The van der Waals surface area contributed by atoms with E-state index in [0.29, 0.717) is 10.7 Å². The molecule has 1 aromatic heterocycles. The van der Waals surface area contributed by atoms with E-state index in [1.54, 1.807) is 12.3 Å². The molecule has 0 unspecified atom stereocenters. The van der Waals surface area contributed by atoms with E-state index in [9.17, 15) is 0 Å². The van der Waals surface area contributed by atoms with Crippen molar-refractivity contribution < 1.29 is 0 Å². The van der Waals surface area contributed by atoms with Gasteiger partial charge in [-0.3, -0.25) is 0 Å². The smallest absolute Gasteiger partial charge is 0.147 e. The first-order chi connectivity index (χ1) is 6.66. The molecule has 1 saturated carbocycles. The second-order valence-corrected chi connectivity index (χ2v) is 4.31. The number of hydrogen-bond acceptors (Lipinski definition) is 3. The van der Waals surface area contributed by atoms with Gasteiger partial charge in [-0.05, 0) is 24.8 Å². The van der Waals surface area contributed by atoms with Gasteiger partial charge >= 0.3 is 0 Å². The average Bonchev–Trinajstić information content (AvgIpc) is 2.87. The van der Waals surface area contributed by atoms with Crippen LogP contribution in [0.1, 0.15) is 12.8 Å². The highest BCUT2D eigenvalue weighted by Gasteiger charge is 2.24. The van der Waals surface area contributed by atoms with Crippen LogP contribution in [0.4, 0.5) is 11.5 Å². The number of hydrogen-bond donors (Lipinski definition) is 1. The lowest BCUT2D eigenvalue weighted by Gasteiger charge is -2.18. The van der Waals surface area contributed by atoms with E-state index in [4.69, 9.17) is 17.3 Å². The molecule has 76 valence electrons. The van der Waals surface area contributed by atoms with Crippen LogP contribution in [-0.4, -0.2) is 18.6 Å². The Balaban J connectivity index is 2.13. The van der Waals surface area contributed by atoms with E-state index in [0.717, 1.165) is 18.3 Å². The van der Waals surface area contributed by atoms with Crippen molar-refractivity contribution in [1.82, 2.24) is 4.98 Å². The van der Waals surface area contributed by atoms with Crippen molar-refractivity contribution in [2.75, 3.05) is 24.2 Å². The summed E-state index contributed by atoms with van der Waals surface area (Å²) in [5.41, 5.74) is 6.19. The third-order valence-corrected chi connectivity index (χ3v) is 2.71. The van der Waals surface area contributed by atoms with Gasteiger partial charge in [0.2, 0.25) is 0 Å². The molecule has 1 aromatic rings. The summed E-state index contributed by atoms with van der Waals surface area (Å²) in [5.74, 6) is 1.66. The maximum Gasteiger partial charge on any atom is 0.147 e. The first-order valence-electron chi connectivity index (χ1n) is 4.79. The third kappa shape index (κ3) is 2.10. The molecule has 2 rings (SSSR count). The van der Waals surface area contributed by atoms with E-state index in [2.05, 4.69) is 9.88 Å². The standard InChI is InChI=1S/C10H14ClN3/c1-14(6-7-2-3-7)10-9(11)4-8(12)5-13-10/h4-5,7H,2-3,6,12H2,1H3. The van der Waals surface area contributed by atoms with Gasteiger partial charge in [0.15, 0.2) is 0 Å². The largest absolute Gasteiger partial charge is 0.397 e. The lowest BCUT2D eigenvalue weighted by atomic mass is 10.3. The monoisotopic (exact) mass is 211 g/mol. The Kier molecular flexibility index (Phi) is 2.50. The van der Waals surface area contributed by atoms with Gasteiger partial charge in [0, 0.05) is 13.6 Å². The summed E-state index contributed by atoms with van der Waals surface area (Å²) in [6.45, 7) is 1.04. The maximum atomic E-state index is 6.04. The zero-order valence-corrected chi connectivity index (χ0v) is 8.96. The predicted octanol–water partition coefficient (Wildman–Crippen LogP) is 2.16. The number of nitrogen functional groups attached to an aromatic ring is 1. The van der Waals surface area contributed by atoms with Crippen LogP contribution >= 0.6 is 11.6 Å². The minimum Gasteiger partial charge on any atom is -0.397 e. The average molecular weight is 212 g/mol. The molecule has 14 heavy (non-hydrogen) atoms. The highest BCUT2D eigenvalue weighted by molar-refractivity contribution is 6.33. The van der Waals surface area contributed by atoms with E-state index in [1.807, 2.05) is 7.05 Å². The second-order valence-electron chi connectivity index (χ2n) is 3.90. The van der Waals surface area contributed by atoms with E-state index < -0.39 is 0 Å². The van der Waals surface area contributed by atoms with Crippen LogP contribution in [0.15, 0.2) is 12.3 Å². The molecule has 0 amide bonds. The van der Waals surface area contributed by atoms with Crippen LogP contribution < -0.4 is 10.6 Å². The first kappa shape index (κ1) is 9.59. The second kappa shape index (κ2) is 3.65. The lowest BCUT2D eigenvalue weighted by molar-refractivity contribution is 0.777. The van der Waals surface area contributed by atoms with E-state index >= 15 is 0 Å². The van der Waals surface area contributed by atoms with Gasteiger partial charge in [0.25, 0.3) is 0 Å². The highest BCUT2D eigenvalue weighted by atomic mass is 35.5. The molecule has 0 radical (unpaired) electrons. The maximum absolute atomic E-state index is 6.04. The molecule has 0 aliphatic heterocycles. The number of rotatable bonds is 3. The highest BCUT2D eigenvalue weighted by Crippen LogP contribution is 2.32. The van der Waals surface area contributed by atoms with E-state index in [1.165, 1.54) is 12.8 Å². The zero-order chi connectivity index (χ0) is 10.1. The molecule has 4 heteroatoms. The summed E-state index contributed by atoms with van der Waals surface area (Å²) < 4.78 is 0. The van der Waals surface area contributed by atoms with Gasteiger partial charge in [-0.25, -0.2) is 4.98 Å². The number of aromatic nitrogens is 1. The molecular weight excluding hydrogens is 198 g/mol. The van der Waals surface area contributed by atoms with Gasteiger partial charge in [-0.1, -0.05) is 11.6 Å². The zero-order valence-electron chi connectivity index (χ0n) is 8.20. The molecule has 1 heterocycles. The number of nitrogens with two attached hydrogens (primary N) is 1. The summed E-state index contributed by atoms with van der Waals surface area (Å²) in [4.78, 5) is 6.32. The van der Waals surface area contributed by atoms with Crippen LogP contribution in [-0.2, 0) is 0 Å². The van der Waals surface area contributed by atoms with Crippen molar-refractivity contribution in [1.29, 1.82) is 0 Å². The molecule has 1 fully saturated rings. The van der Waals surface area contributed by atoms with Crippen molar-refractivity contribution in [2.45, 2.75) is 12.8 Å². The molecule has 1 aliphatic carbocycles. The van der Waals surface area contributed by atoms with E-state index in [-0.39, 0.29) is 0 Å². The lowest BCUT2D eigenvalue weighted by Crippen LogP contribution is -2.21. The fourth-order valence-electron chi connectivity index (χ4n) is 1.50. The van der Waals surface area contributed by atoms with Crippen molar-refractivity contribution in [2.24, 2.45) is 5.92 Å². The topological polar surface area (TPSA) is 42.2 Å². The molecule has 2 N–H and O–H groups in total. The van der Waals surface area contributed by atoms with Crippen molar-refractivity contribution >= 4 is 23.1 Å². The van der Waals surface area contributed by atoms with Gasteiger partial charge < -0.3 is 10.6 Å². The minimum atomic E-state index is 0.610. The van der Waals surface area contributed by atoms with Crippen molar-refractivity contribution in [3.63, 3.8) is 0 Å². The summed E-state index contributed by atoms with van der Waals surface area (Å²) in [6.07, 6.45) is 4.30. The molecule has 0 saturated heterocycles. The summed E-state index contributed by atoms with van der Waals surface area (Å²) in [5, 5.41) is 0.633. The normalized spacial score (nSPS) is 15.6. The molecule has 0 spiro atoms. The van der Waals surface area contributed by atoms with Gasteiger partial charge in [0.05, 0.1) is 16.9 Å². The van der Waals surface area contributed by atoms with Crippen molar-refractivity contribution in [3.8, 4) is 0 Å². The molecule has 0 aromatic carbocycles. The summed E-state index contributed by atoms with van der Waals surface area (Å²) in [7, 11) is 2.02. The SMILES string of the molecule is CN(CC1CC1)c1ncc(N)cc1Cl. The van der Waals surface area contributed by atoms with Gasteiger partial charge in [-0.2, -0.15) is 0 Å². The van der Waals surface area contributed by atoms with Crippen molar-refractivity contribution in [3.05, 3.63) is 17.3 Å². The summed E-state index contributed by atoms with van der Waals surface area (Å²) >= 11 is 6.04. The minimum absolute atomic E-state index is 0.610. The number of anilines is 2. The fourth-order valence-corrected chi connectivity index (χ4v) is 1.82. The van der Waals surface area contributed by atoms with Crippen LogP contribution in [0.2, 0.25) is 5.02 Å². The van der Waals surface area contributed by atoms with Gasteiger partial charge in [-0.15, -0.1) is 0 Å². The van der Waals surface area contributed by atoms with Crippen LogP contribution in [0.3, 0.4) is 0 Å². The Morgan fingerprint density at radius 1 is 1.64 bits per heavy atom. The Bertz CT molecular complexity index is 336. The van der Waals surface area contributed by atoms with Crippen LogP contribution in [0.5, 0.6) is 0 Å². The molecule has 0 atom stereocenters. The van der Waals surface area contributed by atoms with Crippen LogP contribution in [0.25, 0.3) is 0 Å². The number of pyridine rings is 1. The number of nitrogens with zero attached hydrogens (tertiary/aromatic N) is 2. The Morgan fingerprint density at radius 3 is 2.93 bits per heavy atom. The Morgan fingerprint density at radius 2 is 2.36 bits per heavy atom. The fraction of sp³-hybridized carbons (Fsp3) is 0.500. The Labute approximate surface area is 88.9 Å². The molecule has 0 bridgehead atoms. The third-order valence-electron chi connectivity index (χ3n) is 2.43. The quantitative estimate of drug-likeness (QED) is 0.833. The summed E-state index contributed by atoms with van der Waals surface area (Å²) in [6, 6.07) is 1.74.